The first kappa shape index (κ1) is 14.8. The molecule has 0 bridgehead atoms. The fourth-order valence-electron chi connectivity index (χ4n) is 4.58. The van der Waals surface area contributed by atoms with Crippen molar-refractivity contribution in [1.29, 1.82) is 0 Å². The highest BCUT2D eigenvalue weighted by Gasteiger charge is 2.44. The lowest BCUT2D eigenvalue weighted by atomic mass is 9.73. The number of hydrogen-bond donors (Lipinski definition) is 1. The molecule has 5 heteroatoms. The zero-order chi connectivity index (χ0) is 14.2. The quantitative estimate of drug-likeness (QED) is 0.799. The molecule has 0 aromatic carbocycles. The van der Waals surface area contributed by atoms with Crippen molar-refractivity contribution in [2.75, 3.05) is 24.6 Å². The number of hydrogen-bond acceptors (Lipinski definition) is 4. The summed E-state index contributed by atoms with van der Waals surface area (Å²) < 4.78 is 23.5. The van der Waals surface area contributed by atoms with E-state index in [2.05, 4.69) is 4.90 Å². The molecular formula is C15H27NO3S. The van der Waals surface area contributed by atoms with E-state index >= 15 is 0 Å². The summed E-state index contributed by atoms with van der Waals surface area (Å²) in [6.45, 7) is 1.96. The van der Waals surface area contributed by atoms with Crippen LogP contribution in [0.3, 0.4) is 0 Å². The number of piperidine rings is 1. The Bertz CT molecular complexity index is 440. The number of nitrogens with zero attached hydrogens (tertiary/aromatic N) is 1. The molecule has 1 saturated carbocycles. The molecule has 2 saturated heterocycles. The minimum Gasteiger partial charge on any atom is -0.390 e. The van der Waals surface area contributed by atoms with Crippen molar-refractivity contribution in [3.8, 4) is 0 Å². The van der Waals surface area contributed by atoms with E-state index in [-0.39, 0.29) is 17.5 Å². The molecule has 0 radical (unpaired) electrons. The van der Waals surface area contributed by atoms with Gasteiger partial charge < -0.3 is 5.11 Å². The smallest absolute Gasteiger partial charge is 0.154 e. The zero-order valence-electron chi connectivity index (χ0n) is 12.3. The third-order valence-corrected chi connectivity index (χ3v) is 7.32. The highest BCUT2D eigenvalue weighted by Crippen LogP contribution is 2.43. The molecule has 1 aliphatic carbocycles. The fraction of sp³-hybridized carbons (Fsp3) is 1.00. The molecule has 20 heavy (non-hydrogen) atoms. The van der Waals surface area contributed by atoms with Crippen LogP contribution < -0.4 is 0 Å². The van der Waals surface area contributed by atoms with Gasteiger partial charge in [-0.1, -0.05) is 25.7 Å². The van der Waals surface area contributed by atoms with E-state index in [0.29, 0.717) is 5.41 Å². The molecule has 1 N–H and O–H groups in total. The molecule has 4 nitrogen and oxygen atoms in total. The Labute approximate surface area is 122 Å². The summed E-state index contributed by atoms with van der Waals surface area (Å²) >= 11 is 0. The molecule has 0 amide bonds. The first-order valence-corrected chi connectivity index (χ1v) is 9.94. The summed E-state index contributed by atoms with van der Waals surface area (Å²) in [4.78, 5) is 2.30. The van der Waals surface area contributed by atoms with Gasteiger partial charge in [-0.25, -0.2) is 8.42 Å². The Morgan fingerprint density at radius 2 is 1.60 bits per heavy atom. The number of sulfone groups is 1. The molecule has 0 aromatic heterocycles. The van der Waals surface area contributed by atoms with Crippen molar-refractivity contribution in [1.82, 2.24) is 4.90 Å². The van der Waals surface area contributed by atoms with E-state index in [9.17, 15) is 13.5 Å². The van der Waals surface area contributed by atoms with Crippen LogP contribution in [0.5, 0.6) is 0 Å². The monoisotopic (exact) mass is 301 g/mol. The van der Waals surface area contributed by atoms with Crippen LogP contribution >= 0.6 is 0 Å². The van der Waals surface area contributed by atoms with Crippen LogP contribution in [-0.4, -0.2) is 55.2 Å². The predicted molar refractivity (Wildman–Crippen MR) is 79.4 cm³/mol. The molecule has 0 aromatic rings. The van der Waals surface area contributed by atoms with E-state index in [1.54, 1.807) is 0 Å². The second-order valence-corrected chi connectivity index (χ2v) is 9.35. The molecule has 2 unspecified atom stereocenters. The predicted octanol–water partition coefficient (Wildman–Crippen LogP) is 1.58. The fourth-order valence-corrected chi connectivity index (χ4v) is 6.41. The number of aliphatic hydroxyl groups is 1. The summed E-state index contributed by atoms with van der Waals surface area (Å²) in [6.07, 6.45) is 9.68. The minimum atomic E-state index is -3.04. The average Bonchev–Trinajstić information content (AvgIpc) is 2.56. The molecule has 2 atom stereocenters. The van der Waals surface area contributed by atoms with E-state index < -0.39 is 15.9 Å². The van der Waals surface area contributed by atoms with Gasteiger partial charge in [-0.15, -0.1) is 0 Å². The summed E-state index contributed by atoms with van der Waals surface area (Å²) in [5.41, 5.74) is 0.404. The molecular weight excluding hydrogens is 274 g/mol. The maximum absolute atomic E-state index is 11.7. The van der Waals surface area contributed by atoms with Gasteiger partial charge in [-0.3, -0.25) is 4.90 Å². The largest absolute Gasteiger partial charge is 0.390 e. The summed E-state index contributed by atoms with van der Waals surface area (Å²) in [6, 6.07) is -0.152. The van der Waals surface area contributed by atoms with Crippen molar-refractivity contribution in [3.63, 3.8) is 0 Å². The van der Waals surface area contributed by atoms with Crippen molar-refractivity contribution in [3.05, 3.63) is 0 Å². The minimum absolute atomic E-state index is 0.0405. The van der Waals surface area contributed by atoms with Crippen LogP contribution in [0.25, 0.3) is 0 Å². The molecule has 116 valence electrons. The maximum atomic E-state index is 11.7. The number of aliphatic hydroxyl groups excluding tert-OH is 1. The van der Waals surface area contributed by atoms with Crippen molar-refractivity contribution >= 4 is 9.84 Å². The van der Waals surface area contributed by atoms with Gasteiger partial charge in [0.2, 0.25) is 0 Å². The molecule has 3 rings (SSSR count). The molecule has 1 spiro atoms. The number of rotatable bonds is 1. The third kappa shape index (κ3) is 3.04. The van der Waals surface area contributed by atoms with Gasteiger partial charge in [-0.05, 0) is 37.6 Å². The Hall–Kier alpha value is -0.130. The van der Waals surface area contributed by atoms with Crippen molar-refractivity contribution in [2.24, 2.45) is 5.41 Å². The lowest BCUT2D eigenvalue weighted by Gasteiger charge is -2.45. The van der Waals surface area contributed by atoms with Crippen LogP contribution in [0.4, 0.5) is 0 Å². The molecule has 2 heterocycles. The first-order chi connectivity index (χ1) is 9.50. The molecule has 2 aliphatic heterocycles. The Morgan fingerprint density at radius 1 is 0.950 bits per heavy atom. The van der Waals surface area contributed by atoms with Gasteiger partial charge in [0.15, 0.2) is 9.84 Å². The van der Waals surface area contributed by atoms with Crippen LogP contribution in [0.1, 0.15) is 51.4 Å². The Balaban J connectivity index is 1.71. The third-order valence-electron chi connectivity index (χ3n) is 5.62. The molecule has 3 fully saturated rings. The number of likely N-dealkylation sites (tertiary alicyclic amines) is 1. The van der Waals surface area contributed by atoms with Gasteiger partial charge in [0, 0.05) is 6.54 Å². The van der Waals surface area contributed by atoms with E-state index in [1.807, 2.05) is 0 Å². The van der Waals surface area contributed by atoms with Crippen LogP contribution in [0.15, 0.2) is 0 Å². The topological polar surface area (TPSA) is 57.6 Å². The second kappa shape index (κ2) is 5.58. The summed E-state index contributed by atoms with van der Waals surface area (Å²) in [7, 11) is -3.04. The second-order valence-electron chi connectivity index (χ2n) is 7.20. The maximum Gasteiger partial charge on any atom is 0.154 e. The average molecular weight is 301 g/mol. The lowest BCUT2D eigenvalue weighted by molar-refractivity contribution is 0.0106. The standard InChI is InChI=1S/C15H27NO3S/c17-14-11-20(18,19)10-13(14)16-9-5-8-15(12-16)6-3-1-2-4-7-15/h13-14,17H,1-12H2. The highest BCUT2D eigenvalue weighted by molar-refractivity contribution is 7.91. The lowest BCUT2D eigenvalue weighted by Crippen LogP contribution is -2.51. The van der Waals surface area contributed by atoms with Crippen LogP contribution in [-0.2, 0) is 9.84 Å². The van der Waals surface area contributed by atoms with Gasteiger partial charge in [0.1, 0.15) is 0 Å². The van der Waals surface area contributed by atoms with Crippen LogP contribution in [0, 0.1) is 5.41 Å². The zero-order valence-corrected chi connectivity index (χ0v) is 13.1. The van der Waals surface area contributed by atoms with Crippen molar-refractivity contribution < 1.29 is 13.5 Å². The van der Waals surface area contributed by atoms with Gasteiger partial charge in [0.05, 0.1) is 23.7 Å². The van der Waals surface area contributed by atoms with E-state index in [1.165, 1.54) is 44.9 Å². The van der Waals surface area contributed by atoms with Gasteiger partial charge in [0.25, 0.3) is 0 Å². The van der Waals surface area contributed by atoms with E-state index in [0.717, 1.165) is 19.5 Å². The van der Waals surface area contributed by atoms with Gasteiger partial charge >= 0.3 is 0 Å². The summed E-state index contributed by atoms with van der Waals surface area (Å²) in [5, 5.41) is 10.1. The van der Waals surface area contributed by atoms with Crippen LogP contribution in [0.2, 0.25) is 0 Å². The normalized spacial score (nSPS) is 37.9. The SMILES string of the molecule is O=S1(=O)CC(O)C(N2CCCC3(CCCCCC3)C2)C1. The molecule has 3 aliphatic rings. The first-order valence-electron chi connectivity index (χ1n) is 8.12. The van der Waals surface area contributed by atoms with E-state index in [4.69, 9.17) is 0 Å². The Kier molecular flexibility index (Phi) is 4.13. The Morgan fingerprint density at radius 3 is 2.20 bits per heavy atom. The highest BCUT2D eigenvalue weighted by atomic mass is 32.2. The van der Waals surface area contributed by atoms with Gasteiger partial charge in [-0.2, -0.15) is 0 Å². The van der Waals surface area contributed by atoms with Crippen molar-refractivity contribution in [2.45, 2.75) is 63.5 Å². The summed E-state index contributed by atoms with van der Waals surface area (Å²) in [5.74, 6) is 0.116.